The van der Waals surface area contributed by atoms with Crippen LogP contribution in [-0.2, 0) is 32.3 Å². The zero-order valence-electron chi connectivity index (χ0n) is 10.9. The number of rotatable bonds is 2. The third-order valence-corrected chi connectivity index (χ3v) is 2.40. The number of benzene rings is 2. The van der Waals surface area contributed by atoms with E-state index in [0.717, 1.165) is 24.0 Å². The molecule has 0 atom stereocenters. The van der Waals surface area contributed by atoms with E-state index in [1.807, 2.05) is 0 Å². The van der Waals surface area contributed by atoms with Crippen LogP contribution in [0.2, 0.25) is 0 Å². The van der Waals surface area contributed by atoms with E-state index in [9.17, 15) is 8.78 Å². The van der Waals surface area contributed by atoms with Gasteiger partial charge in [-0.1, -0.05) is 35.4 Å². The molecular weight excluding hydrogens is 296 g/mol. The van der Waals surface area contributed by atoms with Crippen molar-refractivity contribution in [3.05, 3.63) is 85.1 Å². The van der Waals surface area contributed by atoms with Crippen LogP contribution in [0.3, 0.4) is 0 Å². The molecule has 0 radical (unpaired) electrons. The molecule has 0 aliphatic rings. The summed E-state index contributed by atoms with van der Waals surface area (Å²) in [5, 5.41) is 0. The molecule has 0 aliphatic carbocycles. The topological polar surface area (TPSA) is 0 Å². The van der Waals surface area contributed by atoms with Gasteiger partial charge < -0.3 is 13.8 Å². The largest absolute Gasteiger partial charge is 2.00 e. The molecule has 0 saturated carbocycles. The zero-order valence-corrected chi connectivity index (χ0v) is 13.9. The smallest absolute Gasteiger partial charge is 0.339 e. The zero-order chi connectivity index (χ0) is 13.4. The Hall–Kier alpha value is -1.08. The monoisotopic (exact) mass is 310 g/mol. The van der Waals surface area contributed by atoms with Crippen molar-refractivity contribution in [2.75, 3.05) is 0 Å². The summed E-state index contributed by atoms with van der Waals surface area (Å²) in [5.41, 5.74) is 2.13. The van der Waals surface area contributed by atoms with Crippen molar-refractivity contribution in [2.24, 2.45) is 0 Å². The normalized spacial score (nSPS) is 9.05. The standard InChI is InChI=1S/2C8H8F.Zn/c2*1-2-7-3-5-8(9)6-4-7;/h2*3-6H,1-2H2;/q2*-1;+2. The van der Waals surface area contributed by atoms with Gasteiger partial charge in [-0.2, -0.15) is 12.8 Å². The van der Waals surface area contributed by atoms with Gasteiger partial charge in [0.25, 0.3) is 0 Å². The molecular formula is C16H16F2Zn. The Labute approximate surface area is 126 Å². The molecule has 0 unspecified atom stereocenters. The third-order valence-electron chi connectivity index (χ3n) is 2.40. The molecule has 0 aliphatic heterocycles. The maximum absolute atomic E-state index is 12.2. The Morgan fingerprint density at radius 2 is 0.895 bits per heavy atom. The van der Waals surface area contributed by atoms with E-state index >= 15 is 0 Å². The maximum Gasteiger partial charge on any atom is 2.00 e. The van der Waals surface area contributed by atoms with Crippen molar-refractivity contribution < 1.29 is 28.3 Å². The third kappa shape index (κ3) is 7.17. The summed E-state index contributed by atoms with van der Waals surface area (Å²) < 4.78 is 24.4. The summed E-state index contributed by atoms with van der Waals surface area (Å²) in [6.07, 6.45) is 1.44. The molecule has 19 heavy (non-hydrogen) atoms. The molecule has 2 aromatic rings. The molecule has 0 amide bonds. The van der Waals surface area contributed by atoms with Crippen LogP contribution in [0.15, 0.2) is 48.5 Å². The second kappa shape index (κ2) is 9.80. The molecule has 96 valence electrons. The molecule has 0 heterocycles. The van der Waals surface area contributed by atoms with E-state index in [1.54, 1.807) is 24.3 Å². The Balaban J connectivity index is 0.000000324. The maximum atomic E-state index is 12.2. The van der Waals surface area contributed by atoms with Gasteiger partial charge in [0.1, 0.15) is 11.6 Å². The van der Waals surface area contributed by atoms with E-state index in [0.29, 0.717) is 0 Å². The minimum Gasteiger partial charge on any atom is -0.339 e. The average Bonchev–Trinajstić information content (AvgIpc) is 2.41. The second-order valence-electron chi connectivity index (χ2n) is 3.75. The van der Waals surface area contributed by atoms with Crippen LogP contribution in [0.25, 0.3) is 0 Å². The van der Waals surface area contributed by atoms with Gasteiger partial charge in [-0.25, -0.2) is 8.78 Å². The first kappa shape index (κ1) is 17.9. The van der Waals surface area contributed by atoms with E-state index in [2.05, 4.69) is 13.8 Å². The van der Waals surface area contributed by atoms with E-state index < -0.39 is 0 Å². The first-order valence-electron chi connectivity index (χ1n) is 5.73. The van der Waals surface area contributed by atoms with E-state index in [4.69, 9.17) is 0 Å². The van der Waals surface area contributed by atoms with Crippen LogP contribution in [0, 0.1) is 25.5 Å². The first-order chi connectivity index (χ1) is 8.65. The fourth-order valence-corrected chi connectivity index (χ4v) is 1.30. The first-order valence-corrected chi connectivity index (χ1v) is 5.73. The van der Waals surface area contributed by atoms with Gasteiger partial charge >= 0.3 is 19.5 Å². The molecule has 0 spiro atoms. The van der Waals surface area contributed by atoms with Crippen LogP contribution >= 0.6 is 0 Å². The van der Waals surface area contributed by atoms with Crippen molar-refractivity contribution >= 4 is 0 Å². The van der Waals surface area contributed by atoms with Gasteiger partial charge in [0.15, 0.2) is 0 Å². The molecule has 0 bridgehead atoms. The fraction of sp³-hybridized carbons (Fsp3) is 0.125. The van der Waals surface area contributed by atoms with Crippen molar-refractivity contribution in [3.8, 4) is 0 Å². The number of halogens is 2. The quantitative estimate of drug-likeness (QED) is 0.569. The van der Waals surface area contributed by atoms with Crippen LogP contribution in [0.4, 0.5) is 8.78 Å². The Kier molecular flexibility index (Phi) is 9.25. The van der Waals surface area contributed by atoms with Gasteiger partial charge in [-0.05, 0) is 24.3 Å². The molecule has 0 N–H and O–H groups in total. The summed E-state index contributed by atoms with van der Waals surface area (Å²) in [6, 6.07) is 12.7. The molecule has 2 rings (SSSR count). The van der Waals surface area contributed by atoms with Gasteiger partial charge in [0.05, 0.1) is 0 Å². The van der Waals surface area contributed by atoms with Gasteiger partial charge in [0, 0.05) is 0 Å². The minimum atomic E-state index is -0.188. The Morgan fingerprint density at radius 3 is 1.11 bits per heavy atom. The van der Waals surface area contributed by atoms with Crippen molar-refractivity contribution in [2.45, 2.75) is 12.8 Å². The number of hydrogen-bond acceptors (Lipinski definition) is 0. The molecule has 3 heteroatoms. The van der Waals surface area contributed by atoms with Gasteiger partial charge in [0.2, 0.25) is 0 Å². The Morgan fingerprint density at radius 1 is 0.632 bits per heavy atom. The van der Waals surface area contributed by atoms with Crippen molar-refractivity contribution in [3.63, 3.8) is 0 Å². The second-order valence-corrected chi connectivity index (χ2v) is 3.75. The summed E-state index contributed by atoms with van der Waals surface area (Å²) >= 11 is 0. The average molecular weight is 312 g/mol. The van der Waals surface area contributed by atoms with Gasteiger partial charge in [-0.15, -0.1) is 0 Å². The van der Waals surface area contributed by atoms with Crippen LogP contribution in [0.5, 0.6) is 0 Å². The summed E-state index contributed by atoms with van der Waals surface area (Å²) in [7, 11) is 0. The minimum absolute atomic E-state index is 0. The predicted molar refractivity (Wildman–Crippen MR) is 70.9 cm³/mol. The molecule has 0 aromatic heterocycles. The molecule has 0 nitrogen and oxygen atoms in total. The van der Waals surface area contributed by atoms with Crippen LogP contribution in [0.1, 0.15) is 11.1 Å². The SMILES string of the molecule is [CH2-]Cc1ccc(F)cc1.[CH2-]Cc1ccc(F)cc1.[Zn+2]. The molecule has 2 aromatic carbocycles. The van der Waals surface area contributed by atoms with Crippen molar-refractivity contribution in [1.82, 2.24) is 0 Å². The summed E-state index contributed by atoms with van der Waals surface area (Å²) in [5.74, 6) is -0.376. The fourth-order valence-electron chi connectivity index (χ4n) is 1.30. The molecule has 0 fully saturated rings. The van der Waals surface area contributed by atoms with Crippen LogP contribution < -0.4 is 0 Å². The van der Waals surface area contributed by atoms with E-state index in [-0.39, 0.29) is 31.1 Å². The number of hydrogen-bond donors (Lipinski definition) is 0. The Bertz CT molecular complexity index is 404. The summed E-state index contributed by atoms with van der Waals surface area (Å²) in [6.45, 7) is 7.33. The summed E-state index contributed by atoms with van der Waals surface area (Å²) in [4.78, 5) is 0. The predicted octanol–water partition coefficient (Wildman–Crippen LogP) is 4.40. The van der Waals surface area contributed by atoms with E-state index in [1.165, 1.54) is 24.3 Å². The van der Waals surface area contributed by atoms with Gasteiger partial charge in [-0.3, -0.25) is 0 Å². The van der Waals surface area contributed by atoms with Crippen molar-refractivity contribution in [1.29, 1.82) is 0 Å². The molecule has 0 saturated heterocycles. The van der Waals surface area contributed by atoms with Crippen LogP contribution in [-0.4, -0.2) is 0 Å².